The highest BCUT2D eigenvalue weighted by molar-refractivity contribution is 5.97. The van der Waals surface area contributed by atoms with Crippen molar-refractivity contribution < 1.29 is 9.59 Å². The van der Waals surface area contributed by atoms with E-state index in [0.717, 1.165) is 16.7 Å². The average molecular weight is 316 g/mol. The SMILES string of the molecule is Cc1cc(C)c(C(=O)N2CCN(C(=O)CC(C)C)CC2)c(C)c1. The Bertz CT molecular complexity index is 576. The van der Waals surface area contributed by atoms with Gasteiger partial charge in [-0.2, -0.15) is 0 Å². The highest BCUT2D eigenvalue weighted by atomic mass is 16.2. The number of carbonyl (C=O) groups is 2. The smallest absolute Gasteiger partial charge is 0.254 e. The molecular weight excluding hydrogens is 288 g/mol. The number of amides is 2. The molecule has 0 bridgehead atoms. The van der Waals surface area contributed by atoms with Gasteiger partial charge in [-0.25, -0.2) is 0 Å². The van der Waals surface area contributed by atoms with Crippen LogP contribution in [0.15, 0.2) is 12.1 Å². The van der Waals surface area contributed by atoms with Gasteiger partial charge in [0.05, 0.1) is 0 Å². The minimum absolute atomic E-state index is 0.0935. The van der Waals surface area contributed by atoms with E-state index in [4.69, 9.17) is 0 Å². The van der Waals surface area contributed by atoms with Gasteiger partial charge in [-0.1, -0.05) is 31.5 Å². The number of hydrogen-bond acceptors (Lipinski definition) is 2. The second kappa shape index (κ2) is 7.16. The molecule has 1 aliphatic heterocycles. The predicted octanol–water partition coefficient (Wildman–Crippen LogP) is 2.94. The Morgan fingerprint density at radius 2 is 1.43 bits per heavy atom. The third-order valence-electron chi connectivity index (χ3n) is 4.39. The number of hydrogen-bond donors (Lipinski definition) is 0. The highest BCUT2D eigenvalue weighted by Gasteiger charge is 2.26. The molecule has 4 heteroatoms. The number of carbonyl (C=O) groups excluding carboxylic acids is 2. The first kappa shape index (κ1) is 17.5. The van der Waals surface area contributed by atoms with Crippen LogP contribution in [0, 0.1) is 26.7 Å². The molecule has 0 atom stereocenters. The van der Waals surface area contributed by atoms with Crippen LogP contribution in [0.25, 0.3) is 0 Å². The number of piperazine rings is 1. The molecule has 0 unspecified atom stereocenters. The lowest BCUT2D eigenvalue weighted by molar-refractivity contribution is -0.133. The van der Waals surface area contributed by atoms with Gasteiger partial charge in [0.25, 0.3) is 5.91 Å². The van der Waals surface area contributed by atoms with Gasteiger partial charge in [0, 0.05) is 38.2 Å². The Morgan fingerprint density at radius 3 is 1.91 bits per heavy atom. The van der Waals surface area contributed by atoms with Crippen LogP contribution in [0.2, 0.25) is 0 Å². The molecule has 1 aromatic carbocycles. The van der Waals surface area contributed by atoms with Crippen molar-refractivity contribution in [2.45, 2.75) is 41.0 Å². The van der Waals surface area contributed by atoms with Crippen molar-refractivity contribution in [2.24, 2.45) is 5.92 Å². The lowest BCUT2D eigenvalue weighted by Crippen LogP contribution is -2.51. The molecule has 0 saturated carbocycles. The Hall–Kier alpha value is -1.84. The van der Waals surface area contributed by atoms with Crippen LogP contribution in [0.1, 0.15) is 47.3 Å². The molecule has 0 radical (unpaired) electrons. The molecule has 2 rings (SSSR count). The lowest BCUT2D eigenvalue weighted by atomic mass is 9.98. The maximum absolute atomic E-state index is 12.8. The van der Waals surface area contributed by atoms with E-state index in [1.165, 1.54) is 5.56 Å². The number of aryl methyl sites for hydroxylation is 3. The van der Waals surface area contributed by atoms with E-state index in [2.05, 4.69) is 26.0 Å². The summed E-state index contributed by atoms with van der Waals surface area (Å²) in [4.78, 5) is 28.7. The van der Waals surface area contributed by atoms with Gasteiger partial charge in [0.15, 0.2) is 0 Å². The molecule has 0 N–H and O–H groups in total. The third kappa shape index (κ3) is 4.12. The molecule has 1 heterocycles. The number of rotatable bonds is 3. The van der Waals surface area contributed by atoms with E-state index in [0.29, 0.717) is 38.5 Å². The van der Waals surface area contributed by atoms with Crippen molar-refractivity contribution in [2.75, 3.05) is 26.2 Å². The molecule has 1 fully saturated rings. The van der Waals surface area contributed by atoms with Crippen LogP contribution in [0.5, 0.6) is 0 Å². The summed E-state index contributed by atoms with van der Waals surface area (Å²) in [5.41, 5.74) is 4.06. The van der Waals surface area contributed by atoms with Crippen LogP contribution in [-0.2, 0) is 4.79 Å². The zero-order valence-corrected chi connectivity index (χ0v) is 15.0. The van der Waals surface area contributed by atoms with Crippen LogP contribution in [-0.4, -0.2) is 47.8 Å². The average Bonchev–Trinajstić information content (AvgIpc) is 2.45. The molecule has 0 spiro atoms. The molecule has 1 aliphatic rings. The second-order valence-electron chi connectivity index (χ2n) is 7.04. The molecule has 1 aromatic rings. The highest BCUT2D eigenvalue weighted by Crippen LogP contribution is 2.19. The molecule has 23 heavy (non-hydrogen) atoms. The largest absolute Gasteiger partial charge is 0.339 e. The van der Waals surface area contributed by atoms with E-state index in [1.54, 1.807) is 0 Å². The number of nitrogens with zero attached hydrogens (tertiary/aromatic N) is 2. The van der Waals surface area contributed by atoms with E-state index < -0.39 is 0 Å². The standard InChI is InChI=1S/C19H28N2O2/c1-13(2)10-17(22)20-6-8-21(9-7-20)19(23)18-15(4)11-14(3)12-16(18)5/h11-13H,6-10H2,1-5H3. The first-order valence-electron chi connectivity index (χ1n) is 8.44. The van der Waals surface area contributed by atoms with Crippen molar-refractivity contribution in [3.8, 4) is 0 Å². The first-order chi connectivity index (χ1) is 10.8. The summed E-state index contributed by atoms with van der Waals surface area (Å²) in [7, 11) is 0. The van der Waals surface area contributed by atoms with Crippen LogP contribution in [0.3, 0.4) is 0 Å². The number of benzene rings is 1. The second-order valence-corrected chi connectivity index (χ2v) is 7.04. The molecule has 1 saturated heterocycles. The molecule has 4 nitrogen and oxygen atoms in total. The predicted molar refractivity (Wildman–Crippen MR) is 92.6 cm³/mol. The quantitative estimate of drug-likeness (QED) is 0.860. The summed E-state index contributed by atoms with van der Waals surface area (Å²) in [6, 6.07) is 4.12. The summed E-state index contributed by atoms with van der Waals surface area (Å²) in [6.07, 6.45) is 0.587. The van der Waals surface area contributed by atoms with Crippen LogP contribution in [0.4, 0.5) is 0 Å². The van der Waals surface area contributed by atoms with Gasteiger partial charge in [-0.15, -0.1) is 0 Å². The first-order valence-corrected chi connectivity index (χ1v) is 8.44. The maximum atomic E-state index is 12.8. The maximum Gasteiger partial charge on any atom is 0.254 e. The van der Waals surface area contributed by atoms with Crippen molar-refractivity contribution in [3.63, 3.8) is 0 Å². The van der Waals surface area contributed by atoms with E-state index in [1.807, 2.05) is 30.6 Å². The van der Waals surface area contributed by atoms with Gasteiger partial charge in [-0.3, -0.25) is 9.59 Å². The Morgan fingerprint density at radius 1 is 0.957 bits per heavy atom. The van der Waals surface area contributed by atoms with E-state index in [9.17, 15) is 9.59 Å². The van der Waals surface area contributed by atoms with Crippen LogP contribution < -0.4 is 0 Å². The van der Waals surface area contributed by atoms with Gasteiger partial charge in [0.2, 0.25) is 5.91 Å². The topological polar surface area (TPSA) is 40.6 Å². The van der Waals surface area contributed by atoms with Crippen molar-refractivity contribution >= 4 is 11.8 Å². The van der Waals surface area contributed by atoms with Crippen molar-refractivity contribution in [1.29, 1.82) is 0 Å². The van der Waals surface area contributed by atoms with Gasteiger partial charge >= 0.3 is 0 Å². The third-order valence-corrected chi connectivity index (χ3v) is 4.39. The summed E-state index contributed by atoms with van der Waals surface area (Å²) >= 11 is 0. The molecule has 126 valence electrons. The minimum Gasteiger partial charge on any atom is -0.339 e. The fourth-order valence-corrected chi connectivity index (χ4v) is 3.31. The Kier molecular flexibility index (Phi) is 5.45. The lowest BCUT2D eigenvalue weighted by Gasteiger charge is -2.35. The molecule has 0 aromatic heterocycles. The normalized spacial score (nSPS) is 15.2. The minimum atomic E-state index is 0.0935. The fourth-order valence-electron chi connectivity index (χ4n) is 3.31. The van der Waals surface area contributed by atoms with Crippen LogP contribution >= 0.6 is 0 Å². The Balaban J connectivity index is 2.03. The zero-order valence-electron chi connectivity index (χ0n) is 15.0. The summed E-state index contributed by atoms with van der Waals surface area (Å²) in [6.45, 7) is 12.7. The van der Waals surface area contributed by atoms with Gasteiger partial charge in [0.1, 0.15) is 0 Å². The van der Waals surface area contributed by atoms with E-state index >= 15 is 0 Å². The monoisotopic (exact) mass is 316 g/mol. The van der Waals surface area contributed by atoms with Gasteiger partial charge < -0.3 is 9.80 Å². The van der Waals surface area contributed by atoms with Gasteiger partial charge in [-0.05, 0) is 37.8 Å². The molecule has 2 amide bonds. The van der Waals surface area contributed by atoms with Crippen molar-refractivity contribution in [1.82, 2.24) is 9.80 Å². The molecule has 0 aliphatic carbocycles. The zero-order chi connectivity index (χ0) is 17.1. The summed E-state index contributed by atoms with van der Waals surface area (Å²) in [5, 5.41) is 0. The van der Waals surface area contributed by atoms with Crippen molar-refractivity contribution in [3.05, 3.63) is 34.4 Å². The molecular formula is C19H28N2O2. The van der Waals surface area contributed by atoms with E-state index in [-0.39, 0.29) is 11.8 Å². The summed E-state index contributed by atoms with van der Waals surface area (Å²) < 4.78 is 0. The summed E-state index contributed by atoms with van der Waals surface area (Å²) in [5.74, 6) is 0.672. The Labute approximate surface area is 139 Å². The fraction of sp³-hybridized carbons (Fsp3) is 0.579.